The van der Waals surface area contributed by atoms with Gasteiger partial charge in [0.05, 0.1) is 12.9 Å². The van der Waals surface area contributed by atoms with E-state index in [1.165, 1.54) is 0 Å². The third kappa shape index (κ3) is 2.62. The van der Waals surface area contributed by atoms with E-state index < -0.39 is 0 Å². The third-order valence-corrected chi connectivity index (χ3v) is 2.77. The van der Waals surface area contributed by atoms with Gasteiger partial charge in [-0.1, -0.05) is 11.3 Å². The molecule has 3 rings (SSSR count). The molecular formula is C13H14N6. The second-order valence-electron chi connectivity index (χ2n) is 4.26. The summed E-state index contributed by atoms with van der Waals surface area (Å²) in [5.41, 5.74) is 3.02. The molecule has 0 saturated heterocycles. The molecule has 0 unspecified atom stereocenters. The molecule has 0 radical (unpaired) electrons. The van der Waals surface area contributed by atoms with Gasteiger partial charge < -0.3 is 9.88 Å². The van der Waals surface area contributed by atoms with Gasteiger partial charge in [-0.25, -0.2) is 4.98 Å². The molecular weight excluding hydrogens is 240 g/mol. The van der Waals surface area contributed by atoms with E-state index in [0.29, 0.717) is 6.54 Å². The van der Waals surface area contributed by atoms with Crippen molar-refractivity contribution >= 4 is 5.69 Å². The van der Waals surface area contributed by atoms with Gasteiger partial charge in [-0.2, -0.15) is 0 Å². The lowest BCUT2D eigenvalue weighted by molar-refractivity contribution is 0.713. The fourth-order valence-electron chi connectivity index (χ4n) is 1.86. The molecule has 0 amide bonds. The summed E-state index contributed by atoms with van der Waals surface area (Å²) in [7, 11) is 1.86. The molecule has 0 spiro atoms. The fraction of sp³-hybridized carbons (Fsp3) is 0.154. The molecule has 6 nitrogen and oxygen atoms in total. The molecule has 0 aliphatic rings. The molecule has 0 fully saturated rings. The first-order valence-corrected chi connectivity index (χ1v) is 5.99. The highest BCUT2D eigenvalue weighted by molar-refractivity contribution is 5.51. The lowest BCUT2D eigenvalue weighted by Crippen LogP contribution is -2.00. The summed E-state index contributed by atoms with van der Waals surface area (Å²) in [6.45, 7) is 0.654. The molecule has 0 bridgehead atoms. The molecule has 0 aliphatic heterocycles. The van der Waals surface area contributed by atoms with Crippen molar-refractivity contribution in [2.75, 3.05) is 5.32 Å². The Hall–Kier alpha value is -2.63. The maximum absolute atomic E-state index is 4.05. The van der Waals surface area contributed by atoms with Crippen LogP contribution in [0.4, 0.5) is 5.69 Å². The summed E-state index contributed by atoms with van der Waals surface area (Å²) in [6, 6.07) is 8.14. The van der Waals surface area contributed by atoms with Crippen molar-refractivity contribution in [1.82, 2.24) is 24.5 Å². The summed E-state index contributed by atoms with van der Waals surface area (Å²) in [6.07, 6.45) is 7.36. The van der Waals surface area contributed by atoms with Crippen LogP contribution in [0.15, 0.2) is 49.2 Å². The summed E-state index contributed by atoms with van der Waals surface area (Å²) >= 11 is 0. The SMILES string of the molecule is Cn1cc(CNc2cccc(-n3ccnc3)c2)nn1. The number of anilines is 1. The highest BCUT2D eigenvalue weighted by Crippen LogP contribution is 2.14. The molecule has 2 aromatic heterocycles. The van der Waals surface area contributed by atoms with E-state index >= 15 is 0 Å². The summed E-state index contributed by atoms with van der Waals surface area (Å²) in [5, 5.41) is 11.3. The van der Waals surface area contributed by atoms with Crippen molar-refractivity contribution in [2.45, 2.75) is 6.54 Å². The van der Waals surface area contributed by atoms with E-state index in [9.17, 15) is 0 Å². The Kier molecular flexibility index (Phi) is 2.97. The van der Waals surface area contributed by atoms with Crippen LogP contribution in [0.5, 0.6) is 0 Å². The first-order chi connectivity index (χ1) is 9.31. The molecule has 3 aromatic rings. The van der Waals surface area contributed by atoms with Crippen molar-refractivity contribution in [3.63, 3.8) is 0 Å². The molecule has 96 valence electrons. The first-order valence-electron chi connectivity index (χ1n) is 5.99. The highest BCUT2D eigenvalue weighted by Gasteiger charge is 2.00. The molecule has 2 heterocycles. The fourth-order valence-corrected chi connectivity index (χ4v) is 1.86. The van der Waals surface area contributed by atoms with Gasteiger partial charge in [0.2, 0.25) is 0 Å². The smallest absolute Gasteiger partial charge is 0.102 e. The number of hydrogen-bond acceptors (Lipinski definition) is 4. The first kappa shape index (κ1) is 11.5. The van der Waals surface area contributed by atoms with E-state index in [4.69, 9.17) is 0 Å². The van der Waals surface area contributed by atoms with Crippen LogP contribution in [0.1, 0.15) is 5.69 Å². The highest BCUT2D eigenvalue weighted by atomic mass is 15.4. The van der Waals surface area contributed by atoms with E-state index in [0.717, 1.165) is 17.1 Å². The van der Waals surface area contributed by atoms with Crippen LogP contribution in [0.2, 0.25) is 0 Å². The molecule has 0 atom stereocenters. The summed E-state index contributed by atoms with van der Waals surface area (Å²) in [5.74, 6) is 0. The monoisotopic (exact) mass is 254 g/mol. The standard InChI is InChI=1S/C13H14N6/c1-18-9-12(16-17-18)8-15-11-3-2-4-13(7-11)19-6-5-14-10-19/h2-7,9-10,15H,8H2,1H3. The minimum Gasteiger partial charge on any atom is -0.379 e. The van der Waals surface area contributed by atoms with Crippen molar-refractivity contribution in [3.8, 4) is 5.69 Å². The largest absolute Gasteiger partial charge is 0.379 e. The number of aromatic nitrogens is 5. The Labute approximate surface area is 110 Å². The summed E-state index contributed by atoms with van der Waals surface area (Å²) < 4.78 is 3.66. The molecule has 1 N–H and O–H groups in total. The number of imidazole rings is 1. The lowest BCUT2D eigenvalue weighted by atomic mass is 10.2. The molecule has 0 saturated carbocycles. The van der Waals surface area contributed by atoms with Gasteiger partial charge in [0.15, 0.2) is 0 Å². The van der Waals surface area contributed by atoms with Crippen molar-refractivity contribution in [1.29, 1.82) is 0 Å². The predicted molar refractivity (Wildman–Crippen MR) is 71.9 cm³/mol. The van der Waals surface area contributed by atoms with Crippen LogP contribution in [0.3, 0.4) is 0 Å². The van der Waals surface area contributed by atoms with E-state index in [-0.39, 0.29) is 0 Å². The van der Waals surface area contributed by atoms with Crippen molar-refractivity contribution < 1.29 is 0 Å². The van der Waals surface area contributed by atoms with Gasteiger partial charge in [0.1, 0.15) is 5.69 Å². The number of nitrogens with zero attached hydrogens (tertiary/aromatic N) is 5. The van der Waals surface area contributed by atoms with Gasteiger partial charge in [-0.15, -0.1) is 5.10 Å². The van der Waals surface area contributed by atoms with Crippen LogP contribution >= 0.6 is 0 Å². The average Bonchev–Trinajstić information content (AvgIpc) is 3.08. The normalized spacial score (nSPS) is 10.6. The Bertz CT molecular complexity index is 655. The zero-order valence-electron chi connectivity index (χ0n) is 10.6. The zero-order chi connectivity index (χ0) is 13.1. The van der Waals surface area contributed by atoms with Gasteiger partial charge >= 0.3 is 0 Å². The lowest BCUT2D eigenvalue weighted by Gasteiger charge is -2.07. The molecule has 0 aliphatic carbocycles. The second-order valence-corrected chi connectivity index (χ2v) is 4.26. The van der Waals surface area contributed by atoms with Crippen molar-refractivity contribution in [3.05, 3.63) is 54.9 Å². The van der Waals surface area contributed by atoms with E-state index in [2.05, 4.69) is 26.7 Å². The minimum absolute atomic E-state index is 0.654. The van der Waals surface area contributed by atoms with Gasteiger partial charge in [0.25, 0.3) is 0 Å². The van der Waals surface area contributed by atoms with E-state index in [1.807, 2.05) is 42.2 Å². The Morgan fingerprint density at radius 2 is 2.26 bits per heavy atom. The number of rotatable bonds is 4. The topological polar surface area (TPSA) is 60.6 Å². The second kappa shape index (κ2) is 4.93. The summed E-state index contributed by atoms with van der Waals surface area (Å²) in [4.78, 5) is 4.05. The average molecular weight is 254 g/mol. The minimum atomic E-state index is 0.654. The maximum atomic E-state index is 4.05. The van der Waals surface area contributed by atoms with E-state index in [1.54, 1.807) is 17.2 Å². The number of nitrogens with one attached hydrogen (secondary N) is 1. The van der Waals surface area contributed by atoms with Crippen LogP contribution < -0.4 is 5.32 Å². The molecule has 6 heteroatoms. The Balaban J connectivity index is 1.73. The number of hydrogen-bond donors (Lipinski definition) is 1. The quantitative estimate of drug-likeness (QED) is 0.768. The van der Waals surface area contributed by atoms with Crippen LogP contribution in [-0.2, 0) is 13.6 Å². The third-order valence-electron chi connectivity index (χ3n) is 2.77. The Morgan fingerprint density at radius 1 is 1.32 bits per heavy atom. The number of benzene rings is 1. The van der Waals surface area contributed by atoms with Crippen LogP contribution in [0, 0.1) is 0 Å². The Morgan fingerprint density at radius 3 is 3.00 bits per heavy atom. The predicted octanol–water partition coefficient (Wildman–Crippen LogP) is 1.61. The maximum Gasteiger partial charge on any atom is 0.102 e. The van der Waals surface area contributed by atoms with Crippen LogP contribution in [0.25, 0.3) is 5.69 Å². The van der Waals surface area contributed by atoms with Crippen LogP contribution in [-0.4, -0.2) is 24.5 Å². The number of aryl methyl sites for hydroxylation is 1. The molecule has 1 aromatic carbocycles. The molecule has 19 heavy (non-hydrogen) atoms. The zero-order valence-corrected chi connectivity index (χ0v) is 10.6. The van der Waals surface area contributed by atoms with Gasteiger partial charge in [-0.05, 0) is 18.2 Å². The van der Waals surface area contributed by atoms with Crippen molar-refractivity contribution in [2.24, 2.45) is 7.05 Å². The van der Waals surface area contributed by atoms with Gasteiger partial charge in [0, 0.05) is 37.0 Å². The van der Waals surface area contributed by atoms with Gasteiger partial charge in [-0.3, -0.25) is 4.68 Å².